The molecule has 2 rings (SSSR count). The third kappa shape index (κ3) is 2.13. The number of carbonyl (C=O) groups is 2. The zero-order valence-electron chi connectivity index (χ0n) is 8.66. The number of carbonyl (C=O) groups excluding carboxylic acids is 2. The number of nitro benzene ring substituents is 1. The molecule has 7 heteroatoms. The second kappa shape index (κ2) is 4.30. The van der Waals surface area contributed by atoms with E-state index in [4.69, 9.17) is 4.74 Å². The lowest BCUT2D eigenvalue weighted by Crippen LogP contribution is -2.46. The Balaban J connectivity index is 2.29. The third-order valence-corrected chi connectivity index (χ3v) is 2.27. The first-order valence-corrected chi connectivity index (χ1v) is 4.77. The maximum Gasteiger partial charge on any atom is 0.269 e. The van der Waals surface area contributed by atoms with Crippen molar-refractivity contribution in [1.82, 2.24) is 0 Å². The van der Waals surface area contributed by atoms with Gasteiger partial charge in [0.15, 0.2) is 0 Å². The lowest BCUT2D eigenvalue weighted by molar-refractivity contribution is -0.384. The van der Waals surface area contributed by atoms with Crippen LogP contribution in [0.2, 0.25) is 0 Å². The van der Waals surface area contributed by atoms with Crippen molar-refractivity contribution in [2.24, 2.45) is 0 Å². The Morgan fingerprint density at radius 1 is 1.12 bits per heavy atom. The molecular formula is C10H8N2O5. The normalized spacial score (nSPS) is 16.1. The molecular weight excluding hydrogens is 228 g/mol. The predicted octanol–water partition coefficient (Wildman–Crippen LogP) is 0.485. The Hall–Kier alpha value is -2.28. The van der Waals surface area contributed by atoms with Crippen LogP contribution in [0.1, 0.15) is 0 Å². The molecule has 0 N–H and O–H groups in total. The van der Waals surface area contributed by atoms with Gasteiger partial charge in [0.25, 0.3) is 17.5 Å². The first-order chi connectivity index (χ1) is 8.09. The van der Waals surface area contributed by atoms with Crippen LogP contribution in [0.25, 0.3) is 0 Å². The predicted molar refractivity (Wildman–Crippen MR) is 56.4 cm³/mol. The quantitative estimate of drug-likeness (QED) is 0.423. The van der Waals surface area contributed by atoms with Gasteiger partial charge in [-0.15, -0.1) is 0 Å². The molecule has 1 aliphatic rings. The minimum atomic E-state index is -0.549. The minimum absolute atomic E-state index is 0.0955. The largest absolute Gasteiger partial charge is 0.362 e. The van der Waals surface area contributed by atoms with Crippen LogP contribution in [-0.4, -0.2) is 30.0 Å². The van der Waals surface area contributed by atoms with E-state index in [1.807, 2.05) is 0 Å². The van der Waals surface area contributed by atoms with Crippen molar-refractivity contribution in [3.8, 4) is 0 Å². The van der Waals surface area contributed by atoms with E-state index in [9.17, 15) is 19.7 Å². The van der Waals surface area contributed by atoms with Crippen LogP contribution < -0.4 is 4.90 Å². The molecule has 0 aromatic heterocycles. The monoisotopic (exact) mass is 236 g/mol. The standard InChI is InChI=1S/C10H8N2O5/c13-9-5-17-6-10(14)11(9)7-1-3-8(4-2-7)12(15)16/h1-4H,5-6H2. The number of anilines is 1. The van der Waals surface area contributed by atoms with Gasteiger partial charge in [-0.1, -0.05) is 0 Å². The summed E-state index contributed by atoms with van der Waals surface area (Å²) >= 11 is 0. The van der Waals surface area contributed by atoms with E-state index in [-0.39, 0.29) is 18.9 Å². The Labute approximate surface area is 95.7 Å². The molecule has 0 spiro atoms. The molecule has 1 heterocycles. The fourth-order valence-electron chi connectivity index (χ4n) is 1.51. The number of rotatable bonds is 2. The molecule has 2 amide bonds. The van der Waals surface area contributed by atoms with E-state index in [2.05, 4.69) is 0 Å². The molecule has 7 nitrogen and oxygen atoms in total. The molecule has 1 fully saturated rings. The van der Waals surface area contributed by atoms with Crippen molar-refractivity contribution in [3.05, 3.63) is 34.4 Å². The maximum absolute atomic E-state index is 11.5. The highest BCUT2D eigenvalue weighted by Gasteiger charge is 2.28. The maximum atomic E-state index is 11.5. The van der Waals surface area contributed by atoms with Crippen LogP contribution >= 0.6 is 0 Å². The number of ether oxygens (including phenoxy) is 1. The summed E-state index contributed by atoms with van der Waals surface area (Å²) in [6.45, 7) is -0.328. The third-order valence-electron chi connectivity index (χ3n) is 2.27. The zero-order chi connectivity index (χ0) is 12.4. The Bertz CT molecular complexity index is 466. The molecule has 17 heavy (non-hydrogen) atoms. The van der Waals surface area contributed by atoms with E-state index in [1.54, 1.807) is 0 Å². The van der Waals surface area contributed by atoms with Gasteiger partial charge in [-0.05, 0) is 12.1 Å². The van der Waals surface area contributed by atoms with E-state index in [1.165, 1.54) is 24.3 Å². The van der Waals surface area contributed by atoms with Gasteiger partial charge in [0.2, 0.25) is 0 Å². The second-order valence-electron chi connectivity index (χ2n) is 3.39. The highest BCUT2D eigenvalue weighted by molar-refractivity contribution is 6.17. The fourth-order valence-corrected chi connectivity index (χ4v) is 1.51. The van der Waals surface area contributed by atoms with Crippen molar-refractivity contribution in [2.45, 2.75) is 0 Å². The molecule has 0 saturated carbocycles. The van der Waals surface area contributed by atoms with Crippen LogP contribution in [0.5, 0.6) is 0 Å². The van der Waals surface area contributed by atoms with Crippen molar-refractivity contribution in [2.75, 3.05) is 18.1 Å². The number of benzene rings is 1. The van der Waals surface area contributed by atoms with Gasteiger partial charge in [-0.3, -0.25) is 19.7 Å². The van der Waals surface area contributed by atoms with Crippen molar-refractivity contribution in [1.29, 1.82) is 0 Å². The summed E-state index contributed by atoms with van der Waals surface area (Å²) < 4.78 is 4.76. The molecule has 1 aromatic rings. The minimum Gasteiger partial charge on any atom is -0.362 e. The number of hydrogen-bond acceptors (Lipinski definition) is 5. The van der Waals surface area contributed by atoms with Crippen molar-refractivity contribution < 1.29 is 19.2 Å². The van der Waals surface area contributed by atoms with E-state index < -0.39 is 16.7 Å². The van der Waals surface area contributed by atoms with Gasteiger partial charge in [-0.25, -0.2) is 4.90 Å². The number of hydrogen-bond donors (Lipinski definition) is 0. The SMILES string of the molecule is O=C1COCC(=O)N1c1ccc([N+](=O)[O-])cc1. The molecule has 0 aliphatic carbocycles. The summed E-state index contributed by atoms with van der Waals surface area (Å²) in [4.78, 5) is 33.8. The number of nitrogens with zero attached hydrogens (tertiary/aromatic N) is 2. The number of non-ortho nitro benzene ring substituents is 1. The van der Waals surface area contributed by atoms with Crippen molar-refractivity contribution in [3.63, 3.8) is 0 Å². The number of amides is 2. The van der Waals surface area contributed by atoms with Crippen molar-refractivity contribution >= 4 is 23.2 Å². The Kier molecular flexibility index (Phi) is 2.84. The Morgan fingerprint density at radius 2 is 1.65 bits per heavy atom. The number of imide groups is 1. The summed E-state index contributed by atoms with van der Waals surface area (Å²) in [5.41, 5.74) is 0.218. The van der Waals surface area contributed by atoms with Gasteiger partial charge in [0.05, 0.1) is 10.6 Å². The smallest absolute Gasteiger partial charge is 0.269 e. The topological polar surface area (TPSA) is 89.8 Å². The molecule has 0 radical (unpaired) electrons. The van der Waals surface area contributed by atoms with Gasteiger partial charge in [0, 0.05) is 12.1 Å². The lowest BCUT2D eigenvalue weighted by atomic mass is 10.2. The fraction of sp³-hybridized carbons (Fsp3) is 0.200. The summed E-state index contributed by atoms with van der Waals surface area (Å²) in [6, 6.07) is 5.20. The van der Waals surface area contributed by atoms with Crippen LogP contribution in [0.4, 0.5) is 11.4 Å². The number of morpholine rings is 1. The first kappa shape index (κ1) is 11.2. The molecule has 88 valence electrons. The van der Waals surface area contributed by atoms with Gasteiger partial charge in [0.1, 0.15) is 13.2 Å². The molecule has 0 atom stereocenters. The molecule has 1 aromatic carbocycles. The molecule has 0 unspecified atom stereocenters. The summed E-state index contributed by atoms with van der Waals surface area (Å²) in [5, 5.41) is 10.5. The van der Waals surface area contributed by atoms with Gasteiger partial charge < -0.3 is 4.74 Å². The second-order valence-corrected chi connectivity index (χ2v) is 3.39. The highest BCUT2D eigenvalue weighted by atomic mass is 16.6. The summed E-state index contributed by atoms with van der Waals surface area (Å²) in [5.74, 6) is -0.954. The van der Waals surface area contributed by atoms with Crippen LogP contribution in [-0.2, 0) is 14.3 Å². The molecule has 0 bridgehead atoms. The summed E-state index contributed by atoms with van der Waals surface area (Å²) in [7, 11) is 0. The number of nitro groups is 1. The summed E-state index contributed by atoms with van der Waals surface area (Å²) in [6.07, 6.45) is 0. The van der Waals surface area contributed by atoms with E-state index in [0.717, 1.165) is 4.90 Å². The van der Waals surface area contributed by atoms with Crippen LogP contribution in [0, 0.1) is 10.1 Å². The zero-order valence-corrected chi connectivity index (χ0v) is 8.66. The van der Waals surface area contributed by atoms with E-state index in [0.29, 0.717) is 5.69 Å². The molecule has 1 aliphatic heterocycles. The average molecular weight is 236 g/mol. The van der Waals surface area contributed by atoms with Crippen LogP contribution in [0.3, 0.4) is 0 Å². The van der Waals surface area contributed by atoms with Gasteiger partial charge >= 0.3 is 0 Å². The van der Waals surface area contributed by atoms with E-state index >= 15 is 0 Å². The van der Waals surface area contributed by atoms with Crippen LogP contribution in [0.15, 0.2) is 24.3 Å². The van der Waals surface area contributed by atoms with Gasteiger partial charge in [-0.2, -0.15) is 0 Å². The Morgan fingerprint density at radius 3 is 2.12 bits per heavy atom. The first-order valence-electron chi connectivity index (χ1n) is 4.77. The highest BCUT2D eigenvalue weighted by Crippen LogP contribution is 2.21. The average Bonchev–Trinajstić information content (AvgIpc) is 2.29. The lowest BCUT2D eigenvalue weighted by Gasteiger charge is -2.24. The molecule has 1 saturated heterocycles.